The summed E-state index contributed by atoms with van der Waals surface area (Å²) < 4.78 is 0. The molecule has 0 bridgehead atoms. The molecule has 1 aromatic carbocycles. The lowest BCUT2D eigenvalue weighted by atomic mass is 10.0. The third-order valence-corrected chi connectivity index (χ3v) is 4.58. The van der Waals surface area contributed by atoms with E-state index in [1.54, 1.807) is 12.1 Å². The van der Waals surface area contributed by atoms with E-state index in [0.29, 0.717) is 17.8 Å². The smallest absolute Gasteiger partial charge is 0.115 e. The summed E-state index contributed by atoms with van der Waals surface area (Å²) in [5.41, 5.74) is 1.29. The summed E-state index contributed by atoms with van der Waals surface area (Å²) in [4.78, 5) is 2.64. The van der Waals surface area contributed by atoms with Crippen molar-refractivity contribution in [3.05, 3.63) is 29.8 Å². The van der Waals surface area contributed by atoms with Crippen LogP contribution in [0, 0.1) is 0 Å². The van der Waals surface area contributed by atoms with Crippen molar-refractivity contribution in [2.75, 3.05) is 13.1 Å². The van der Waals surface area contributed by atoms with Gasteiger partial charge in [0.05, 0.1) is 0 Å². The van der Waals surface area contributed by atoms with Gasteiger partial charge in [0.15, 0.2) is 0 Å². The molecule has 3 heteroatoms. The summed E-state index contributed by atoms with van der Waals surface area (Å²) in [7, 11) is 0. The summed E-state index contributed by atoms with van der Waals surface area (Å²) in [6.07, 6.45) is 5.06. The zero-order valence-electron chi connectivity index (χ0n) is 11.7. The minimum Gasteiger partial charge on any atom is -0.508 e. The standard InChI is InChI=1S/C16H24N2O/c1-12(11-13-4-6-14(19)7-5-13)17-15-8-10-18-9-2-3-16(15)18/h4-7,12,15-17,19H,2-3,8-11H2,1H3. The normalized spacial score (nSPS) is 28.5. The first kappa shape index (κ1) is 12.9. The number of fused-ring (bicyclic) bond motifs is 1. The third kappa shape index (κ3) is 2.93. The van der Waals surface area contributed by atoms with Crippen LogP contribution < -0.4 is 5.32 Å². The van der Waals surface area contributed by atoms with Crippen LogP contribution in [-0.2, 0) is 6.42 Å². The van der Waals surface area contributed by atoms with Gasteiger partial charge in [-0.05, 0) is 56.8 Å². The molecular weight excluding hydrogens is 236 g/mol. The van der Waals surface area contributed by atoms with Crippen molar-refractivity contribution >= 4 is 0 Å². The molecule has 1 aromatic rings. The fourth-order valence-electron chi connectivity index (χ4n) is 3.69. The van der Waals surface area contributed by atoms with Gasteiger partial charge in [0.1, 0.15) is 5.75 Å². The van der Waals surface area contributed by atoms with Crippen LogP contribution in [-0.4, -0.2) is 41.2 Å². The minimum atomic E-state index is 0.349. The van der Waals surface area contributed by atoms with Gasteiger partial charge in [0, 0.05) is 24.7 Å². The second-order valence-corrected chi connectivity index (χ2v) is 6.08. The molecule has 2 heterocycles. The molecule has 19 heavy (non-hydrogen) atoms. The molecule has 2 aliphatic heterocycles. The van der Waals surface area contributed by atoms with E-state index in [1.165, 1.54) is 37.9 Å². The van der Waals surface area contributed by atoms with Gasteiger partial charge < -0.3 is 10.4 Å². The van der Waals surface area contributed by atoms with Gasteiger partial charge in [0.25, 0.3) is 0 Å². The average Bonchev–Trinajstić information content (AvgIpc) is 2.97. The number of rotatable bonds is 4. The highest BCUT2D eigenvalue weighted by Crippen LogP contribution is 2.28. The van der Waals surface area contributed by atoms with Crippen LogP contribution >= 0.6 is 0 Å². The van der Waals surface area contributed by atoms with E-state index in [4.69, 9.17) is 0 Å². The molecule has 2 N–H and O–H groups in total. The van der Waals surface area contributed by atoms with E-state index in [2.05, 4.69) is 17.1 Å². The van der Waals surface area contributed by atoms with Crippen molar-refractivity contribution in [2.24, 2.45) is 0 Å². The maximum atomic E-state index is 9.30. The van der Waals surface area contributed by atoms with E-state index in [9.17, 15) is 5.11 Å². The first-order valence-corrected chi connectivity index (χ1v) is 7.50. The minimum absolute atomic E-state index is 0.349. The third-order valence-electron chi connectivity index (χ3n) is 4.58. The number of nitrogens with one attached hydrogen (secondary N) is 1. The van der Waals surface area contributed by atoms with Crippen LogP contribution in [0.3, 0.4) is 0 Å². The van der Waals surface area contributed by atoms with Crippen molar-refractivity contribution in [1.82, 2.24) is 10.2 Å². The molecule has 3 nitrogen and oxygen atoms in total. The van der Waals surface area contributed by atoms with Gasteiger partial charge in [-0.25, -0.2) is 0 Å². The maximum absolute atomic E-state index is 9.30. The van der Waals surface area contributed by atoms with E-state index >= 15 is 0 Å². The molecule has 0 radical (unpaired) electrons. The Kier molecular flexibility index (Phi) is 3.76. The summed E-state index contributed by atoms with van der Waals surface area (Å²) in [5.74, 6) is 0.349. The second kappa shape index (κ2) is 5.51. The molecule has 0 amide bonds. The second-order valence-electron chi connectivity index (χ2n) is 6.08. The van der Waals surface area contributed by atoms with E-state index in [-0.39, 0.29) is 0 Å². The number of nitrogens with zero attached hydrogens (tertiary/aromatic N) is 1. The van der Waals surface area contributed by atoms with Crippen LogP contribution in [0.4, 0.5) is 0 Å². The Hall–Kier alpha value is -1.06. The fraction of sp³-hybridized carbons (Fsp3) is 0.625. The van der Waals surface area contributed by atoms with Gasteiger partial charge in [-0.15, -0.1) is 0 Å². The molecule has 104 valence electrons. The molecular formula is C16H24N2O. The molecule has 3 rings (SSSR count). The van der Waals surface area contributed by atoms with Crippen molar-refractivity contribution in [3.8, 4) is 5.75 Å². The van der Waals surface area contributed by atoms with Gasteiger partial charge in [0.2, 0.25) is 0 Å². The van der Waals surface area contributed by atoms with Crippen LogP contribution in [0.25, 0.3) is 0 Å². The summed E-state index contributed by atoms with van der Waals surface area (Å²) >= 11 is 0. The fourth-order valence-corrected chi connectivity index (χ4v) is 3.69. The molecule has 0 spiro atoms. The van der Waals surface area contributed by atoms with Crippen molar-refractivity contribution in [1.29, 1.82) is 0 Å². The van der Waals surface area contributed by atoms with Crippen LogP contribution in [0.15, 0.2) is 24.3 Å². The number of phenols is 1. The average molecular weight is 260 g/mol. The largest absolute Gasteiger partial charge is 0.508 e. The Morgan fingerprint density at radius 1 is 1.26 bits per heavy atom. The quantitative estimate of drug-likeness (QED) is 0.871. The summed E-state index contributed by atoms with van der Waals surface area (Å²) in [5, 5.41) is 13.1. The Morgan fingerprint density at radius 2 is 2.05 bits per heavy atom. The lowest BCUT2D eigenvalue weighted by molar-refractivity contribution is 0.290. The van der Waals surface area contributed by atoms with Crippen LogP contribution in [0.1, 0.15) is 31.7 Å². The van der Waals surface area contributed by atoms with Gasteiger partial charge in [-0.1, -0.05) is 12.1 Å². The zero-order valence-corrected chi connectivity index (χ0v) is 11.7. The monoisotopic (exact) mass is 260 g/mol. The highest BCUT2D eigenvalue weighted by atomic mass is 16.3. The predicted octanol–water partition coefficient (Wildman–Crippen LogP) is 2.15. The molecule has 3 atom stereocenters. The van der Waals surface area contributed by atoms with Gasteiger partial charge in [-0.2, -0.15) is 0 Å². The lowest BCUT2D eigenvalue weighted by Gasteiger charge is -2.25. The predicted molar refractivity (Wildman–Crippen MR) is 77.4 cm³/mol. The highest BCUT2D eigenvalue weighted by Gasteiger charge is 2.37. The Labute approximate surface area is 115 Å². The summed E-state index contributed by atoms with van der Waals surface area (Å²) in [6, 6.07) is 9.53. The van der Waals surface area contributed by atoms with Crippen molar-refractivity contribution in [3.63, 3.8) is 0 Å². The molecule has 0 aliphatic carbocycles. The van der Waals surface area contributed by atoms with E-state index in [1.807, 2.05) is 12.1 Å². The van der Waals surface area contributed by atoms with Crippen LogP contribution in [0.5, 0.6) is 5.75 Å². The van der Waals surface area contributed by atoms with Gasteiger partial charge in [-0.3, -0.25) is 4.90 Å². The SMILES string of the molecule is CC(Cc1ccc(O)cc1)NC1CCN2CCCC12. The molecule has 0 aromatic heterocycles. The maximum Gasteiger partial charge on any atom is 0.115 e. The Morgan fingerprint density at radius 3 is 2.84 bits per heavy atom. The number of hydrogen-bond acceptors (Lipinski definition) is 3. The van der Waals surface area contributed by atoms with Gasteiger partial charge >= 0.3 is 0 Å². The Bertz CT molecular complexity index is 417. The zero-order chi connectivity index (χ0) is 13.2. The first-order chi connectivity index (χ1) is 9.22. The van der Waals surface area contributed by atoms with Crippen molar-refractivity contribution < 1.29 is 5.11 Å². The summed E-state index contributed by atoms with van der Waals surface area (Å²) in [6.45, 7) is 4.84. The highest BCUT2D eigenvalue weighted by molar-refractivity contribution is 5.26. The molecule has 0 saturated carbocycles. The first-order valence-electron chi connectivity index (χ1n) is 7.50. The van der Waals surface area contributed by atoms with Crippen LogP contribution in [0.2, 0.25) is 0 Å². The van der Waals surface area contributed by atoms with E-state index < -0.39 is 0 Å². The molecule has 3 unspecified atom stereocenters. The molecule has 2 aliphatic rings. The Balaban J connectivity index is 1.53. The van der Waals surface area contributed by atoms with Crippen molar-refractivity contribution in [2.45, 2.75) is 50.7 Å². The molecule has 2 fully saturated rings. The number of aromatic hydroxyl groups is 1. The number of benzene rings is 1. The topological polar surface area (TPSA) is 35.5 Å². The van der Waals surface area contributed by atoms with E-state index in [0.717, 1.165) is 12.5 Å². The molecule has 2 saturated heterocycles. The number of hydrogen-bond donors (Lipinski definition) is 2. The lowest BCUT2D eigenvalue weighted by Crippen LogP contribution is -2.44. The number of phenolic OH excluding ortho intramolecular Hbond substituents is 1.